The van der Waals surface area contributed by atoms with Gasteiger partial charge in [-0.25, -0.2) is 9.07 Å². The molecule has 0 aliphatic heterocycles. The van der Waals surface area contributed by atoms with Gasteiger partial charge in [0, 0.05) is 17.5 Å². The molecule has 0 spiro atoms. The van der Waals surface area contributed by atoms with Gasteiger partial charge in [-0.2, -0.15) is 5.10 Å². The fraction of sp³-hybridized carbons (Fsp3) is 0.263. The van der Waals surface area contributed by atoms with Crippen molar-refractivity contribution in [2.45, 2.75) is 13.0 Å². The first-order valence-corrected chi connectivity index (χ1v) is 7.97. The molecule has 0 radical (unpaired) electrons. The topological polar surface area (TPSA) is 38.1 Å². The Kier molecular flexibility index (Phi) is 4.71. The summed E-state index contributed by atoms with van der Waals surface area (Å²) in [6.07, 6.45) is 0.834. The average molecular weight is 325 g/mol. The molecule has 0 amide bonds. The molecule has 0 bridgehead atoms. The minimum absolute atomic E-state index is 0.0878. The number of hydrogen-bond donors (Lipinski definition) is 0. The Morgan fingerprint density at radius 1 is 1.04 bits per heavy atom. The molecule has 3 rings (SSSR count). The molecule has 0 saturated heterocycles. The fourth-order valence-electron chi connectivity index (χ4n) is 2.74. The second-order valence-electron chi connectivity index (χ2n) is 6.09. The van der Waals surface area contributed by atoms with Crippen LogP contribution in [0.15, 0.2) is 53.3 Å². The van der Waals surface area contributed by atoms with Crippen LogP contribution in [0.4, 0.5) is 4.39 Å². The summed E-state index contributed by atoms with van der Waals surface area (Å²) in [7, 11) is 4.00. The van der Waals surface area contributed by atoms with Crippen molar-refractivity contribution in [2.24, 2.45) is 0 Å². The van der Waals surface area contributed by atoms with Gasteiger partial charge in [-0.05, 0) is 57.4 Å². The van der Waals surface area contributed by atoms with Gasteiger partial charge in [0.05, 0.1) is 11.1 Å². The molecule has 0 saturated carbocycles. The van der Waals surface area contributed by atoms with Gasteiger partial charge in [0.25, 0.3) is 5.56 Å². The molecule has 124 valence electrons. The Labute approximate surface area is 140 Å². The second-order valence-corrected chi connectivity index (χ2v) is 6.09. The Hall–Kier alpha value is -2.53. The lowest BCUT2D eigenvalue weighted by Crippen LogP contribution is -2.26. The van der Waals surface area contributed by atoms with E-state index in [2.05, 4.69) is 10.00 Å². The molecular weight excluding hydrogens is 305 g/mol. The summed E-state index contributed by atoms with van der Waals surface area (Å²) in [5.41, 5.74) is 1.42. The normalized spacial score (nSPS) is 11.3. The number of hydrogen-bond acceptors (Lipinski definition) is 3. The van der Waals surface area contributed by atoms with Gasteiger partial charge in [0.2, 0.25) is 0 Å². The molecule has 24 heavy (non-hydrogen) atoms. The maximum atomic E-state index is 13.2. The maximum absolute atomic E-state index is 13.2. The van der Waals surface area contributed by atoms with E-state index in [1.807, 2.05) is 38.4 Å². The lowest BCUT2D eigenvalue weighted by Gasteiger charge is -2.13. The minimum Gasteiger partial charge on any atom is -0.309 e. The average Bonchev–Trinajstić information content (AvgIpc) is 2.58. The van der Waals surface area contributed by atoms with E-state index in [9.17, 15) is 9.18 Å². The van der Waals surface area contributed by atoms with E-state index < -0.39 is 0 Å². The SMILES string of the molecule is CN(C)CCCn1nc(-c2ccc(F)cc2)c2ccccc2c1=O. The Balaban J connectivity index is 2.11. The number of halogens is 1. The molecular formula is C19H20FN3O. The van der Waals surface area contributed by atoms with Crippen LogP contribution in [0.1, 0.15) is 6.42 Å². The zero-order chi connectivity index (χ0) is 17.1. The van der Waals surface area contributed by atoms with Crippen LogP contribution >= 0.6 is 0 Å². The molecule has 0 aliphatic carbocycles. The van der Waals surface area contributed by atoms with Crippen LogP contribution in [-0.4, -0.2) is 35.3 Å². The highest BCUT2D eigenvalue weighted by atomic mass is 19.1. The van der Waals surface area contributed by atoms with Crippen molar-refractivity contribution < 1.29 is 4.39 Å². The quantitative estimate of drug-likeness (QED) is 0.723. The zero-order valence-corrected chi connectivity index (χ0v) is 13.9. The van der Waals surface area contributed by atoms with Crippen molar-refractivity contribution >= 4 is 10.8 Å². The van der Waals surface area contributed by atoms with Crippen LogP contribution in [0.25, 0.3) is 22.0 Å². The summed E-state index contributed by atoms with van der Waals surface area (Å²) in [6.45, 7) is 1.43. The third-order valence-electron chi connectivity index (χ3n) is 3.96. The van der Waals surface area contributed by atoms with Crippen LogP contribution in [0.2, 0.25) is 0 Å². The Bertz CT molecular complexity index is 901. The summed E-state index contributed by atoms with van der Waals surface area (Å²) in [5.74, 6) is -0.289. The first kappa shape index (κ1) is 16.3. The van der Waals surface area contributed by atoms with E-state index in [1.54, 1.807) is 12.1 Å². The number of benzene rings is 2. The fourth-order valence-corrected chi connectivity index (χ4v) is 2.74. The van der Waals surface area contributed by atoms with Crippen molar-refractivity contribution in [3.63, 3.8) is 0 Å². The number of aryl methyl sites for hydroxylation is 1. The van der Waals surface area contributed by atoms with Crippen molar-refractivity contribution in [3.05, 3.63) is 64.7 Å². The van der Waals surface area contributed by atoms with Crippen LogP contribution in [0.5, 0.6) is 0 Å². The van der Waals surface area contributed by atoms with E-state index in [0.29, 0.717) is 17.6 Å². The summed E-state index contributed by atoms with van der Waals surface area (Å²) >= 11 is 0. The zero-order valence-electron chi connectivity index (χ0n) is 13.9. The van der Waals surface area contributed by atoms with E-state index in [0.717, 1.165) is 23.9 Å². The molecule has 5 heteroatoms. The monoisotopic (exact) mass is 325 g/mol. The summed E-state index contributed by atoms with van der Waals surface area (Å²) < 4.78 is 14.7. The molecule has 0 N–H and O–H groups in total. The first-order valence-electron chi connectivity index (χ1n) is 7.97. The number of nitrogens with zero attached hydrogens (tertiary/aromatic N) is 3. The summed E-state index contributed by atoms with van der Waals surface area (Å²) in [4.78, 5) is 14.7. The van der Waals surface area contributed by atoms with Crippen molar-refractivity contribution in [3.8, 4) is 11.3 Å². The predicted molar refractivity (Wildman–Crippen MR) is 94.6 cm³/mol. The van der Waals surface area contributed by atoms with Crippen LogP contribution < -0.4 is 5.56 Å². The third-order valence-corrected chi connectivity index (χ3v) is 3.96. The smallest absolute Gasteiger partial charge is 0.274 e. The largest absolute Gasteiger partial charge is 0.309 e. The molecule has 0 unspecified atom stereocenters. The van der Waals surface area contributed by atoms with E-state index in [1.165, 1.54) is 16.8 Å². The number of rotatable bonds is 5. The second kappa shape index (κ2) is 6.93. The molecule has 1 aromatic heterocycles. The standard InChI is InChI=1S/C19H20FN3O/c1-22(2)12-5-13-23-19(24)17-7-4-3-6-16(17)18(21-23)14-8-10-15(20)11-9-14/h3-4,6-11H,5,12-13H2,1-2H3. The number of fused-ring (bicyclic) bond motifs is 1. The van der Waals surface area contributed by atoms with Gasteiger partial charge < -0.3 is 4.90 Å². The van der Waals surface area contributed by atoms with Crippen LogP contribution in [0.3, 0.4) is 0 Å². The number of aromatic nitrogens is 2. The van der Waals surface area contributed by atoms with E-state index >= 15 is 0 Å². The van der Waals surface area contributed by atoms with Gasteiger partial charge in [0.1, 0.15) is 5.82 Å². The van der Waals surface area contributed by atoms with E-state index in [4.69, 9.17) is 0 Å². The Morgan fingerprint density at radius 2 is 1.71 bits per heavy atom. The van der Waals surface area contributed by atoms with Gasteiger partial charge in [0.15, 0.2) is 0 Å². The summed E-state index contributed by atoms with van der Waals surface area (Å²) in [5, 5.41) is 5.99. The maximum Gasteiger partial charge on any atom is 0.274 e. The molecule has 0 fully saturated rings. The lowest BCUT2D eigenvalue weighted by atomic mass is 10.1. The Morgan fingerprint density at radius 3 is 2.38 bits per heavy atom. The molecule has 3 aromatic rings. The van der Waals surface area contributed by atoms with Crippen LogP contribution in [-0.2, 0) is 6.54 Å². The summed E-state index contributed by atoms with van der Waals surface area (Å²) in [6, 6.07) is 13.6. The highest BCUT2D eigenvalue weighted by molar-refractivity contribution is 5.93. The molecule has 4 nitrogen and oxygen atoms in total. The molecule has 2 aromatic carbocycles. The van der Waals surface area contributed by atoms with Gasteiger partial charge in [-0.15, -0.1) is 0 Å². The molecule has 0 aliphatic rings. The van der Waals surface area contributed by atoms with Gasteiger partial charge in [-0.3, -0.25) is 4.79 Å². The van der Waals surface area contributed by atoms with Gasteiger partial charge >= 0.3 is 0 Å². The van der Waals surface area contributed by atoms with Crippen molar-refractivity contribution in [1.29, 1.82) is 0 Å². The van der Waals surface area contributed by atoms with Crippen LogP contribution in [0, 0.1) is 5.82 Å². The van der Waals surface area contributed by atoms with Crippen molar-refractivity contribution in [1.82, 2.24) is 14.7 Å². The highest BCUT2D eigenvalue weighted by Crippen LogP contribution is 2.24. The lowest BCUT2D eigenvalue weighted by molar-refractivity contribution is 0.378. The third kappa shape index (κ3) is 3.36. The van der Waals surface area contributed by atoms with E-state index in [-0.39, 0.29) is 11.4 Å². The van der Waals surface area contributed by atoms with Gasteiger partial charge in [-0.1, -0.05) is 18.2 Å². The minimum atomic E-state index is -0.289. The first-order chi connectivity index (χ1) is 11.6. The predicted octanol–water partition coefficient (Wildman–Crippen LogP) is 3.15. The highest BCUT2D eigenvalue weighted by Gasteiger charge is 2.12. The molecule has 0 atom stereocenters. The van der Waals surface area contributed by atoms with Crippen molar-refractivity contribution in [2.75, 3.05) is 20.6 Å². The molecule has 1 heterocycles.